The number of ether oxygens (including phenoxy) is 1. The number of nitrogens with zero attached hydrogens (tertiary/aromatic N) is 3. The summed E-state index contributed by atoms with van der Waals surface area (Å²) in [5.41, 5.74) is 2.14. The minimum absolute atomic E-state index is 0.211. The highest BCUT2D eigenvalue weighted by Crippen LogP contribution is 2.22. The van der Waals surface area contributed by atoms with E-state index in [0.717, 1.165) is 35.8 Å². The molecule has 1 fully saturated rings. The highest BCUT2D eigenvalue weighted by Gasteiger charge is 2.27. The summed E-state index contributed by atoms with van der Waals surface area (Å²) in [7, 11) is 0. The Morgan fingerprint density at radius 3 is 2.84 bits per heavy atom. The molecule has 0 aliphatic carbocycles. The van der Waals surface area contributed by atoms with Crippen molar-refractivity contribution in [1.29, 1.82) is 0 Å². The largest absolute Gasteiger partial charge is 0.373 e. The summed E-state index contributed by atoms with van der Waals surface area (Å²) in [6, 6.07) is 2.39. The lowest BCUT2D eigenvalue weighted by atomic mass is 10.1. The van der Waals surface area contributed by atoms with Crippen molar-refractivity contribution in [3.05, 3.63) is 17.5 Å². The van der Waals surface area contributed by atoms with E-state index in [2.05, 4.69) is 52.7 Å². The van der Waals surface area contributed by atoms with Crippen LogP contribution in [0.1, 0.15) is 38.1 Å². The second-order valence-electron chi connectivity index (χ2n) is 5.50. The number of hydrogen-bond donors (Lipinski definition) is 0. The molecule has 4 nitrogen and oxygen atoms in total. The van der Waals surface area contributed by atoms with Crippen LogP contribution >= 0.6 is 15.9 Å². The van der Waals surface area contributed by atoms with Gasteiger partial charge in [-0.1, -0.05) is 29.8 Å². The van der Waals surface area contributed by atoms with Gasteiger partial charge in [-0.2, -0.15) is 0 Å². The predicted octanol–water partition coefficient (Wildman–Crippen LogP) is 2.90. The standard InChI is InChI=1S/C14H22BrN3O/c1-9(2)13-5-10(3)16-14(17-13)18-7-12(6-15)19-8-11(18)4/h5,9,11-12H,6-8H2,1-4H3. The Morgan fingerprint density at radius 1 is 1.47 bits per heavy atom. The van der Waals surface area contributed by atoms with Crippen LogP contribution in [0.5, 0.6) is 0 Å². The zero-order chi connectivity index (χ0) is 14.0. The first-order valence-corrected chi connectivity index (χ1v) is 7.93. The lowest BCUT2D eigenvalue weighted by Gasteiger charge is -2.37. The van der Waals surface area contributed by atoms with Gasteiger partial charge in [0.15, 0.2) is 0 Å². The van der Waals surface area contributed by atoms with E-state index in [1.165, 1.54) is 0 Å². The number of aryl methyl sites for hydroxylation is 1. The Morgan fingerprint density at radius 2 is 2.21 bits per heavy atom. The lowest BCUT2D eigenvalue weighted by molar-refractivity contribution is 0.0372. The van der Waals surface area contributed by atoms with Gasteiger partial charge in [0, 0.05) is 23.3 Å². The Hall–Kier alpha value is -0.680. The van der Waals surface area contributed by atoms with E-state index in [-0.39, 0.29) is 6.10 Å². The molecule has 0 radical (unpaired) electrons. The molecule has 2 unspecified atom stereocenters. The molecular weight excluding hydrogens is 306 g/mol. The topological polar surface area (TPSA) is 38.2 Å². The molecular formula is C14H22BrN3O. The molecule has 19 heavy (non-hydrogen) atoms. The van der Waals surface area contributed by atoms with Gasteiger partial charge in [0.05, 0.1) is 18.8 Å². The molecule has 0 bridgehead atoms. The summed E-state index contributed by atoms with van der Waals surface area (Å²) in [6.07, 6.45) is 0.211. The average Bonchev–Trinajstić information content (AvgIpc) is 2.38. The fraction of sp³-hybridized carbons (Fsp3) is 0.714. The summed E-state index contributed by atoms with van der Waals surface area (Å²) in [4.78, 5) is 11.6. The number of alkyl halides is 1. The van der Waals surface area contributed by atoms with E-state index in [1.807, 2.05) is 6.92 Å². The van der Waals surface area contributed by atoms with Gasteiger partial charge in [-0.3, -0.25) is 0 Å². The zero-order valence-electron chi connectivity index (χ0n) is 12.1. The van der Waals surface area contributed by atoms with E-state index in [1.54, 1.807) is 0 Å². The quantitative estimate of drug-likeness (QED) is 0.800. The predicted molar refractivity (Wildman–Crippen MR) is 81.2 cm³/mol. The summed E-state index contributed by atoms with van der Waals surface area (Å²) in [6.45, 7) is 10.1. The van der Waals surface area contributed by atoms with Gasteiger partial charge < -0.3 is 9.64 Å². The zero-order valence-corrected chi connectivity index (χ0v) is 13.6. The molecule has 2 rings (SSSR count). The van der Waals surface area contributed by atoms with Crippen LogP contribution in [0.4, 0.5) is 5.95 Å². The number of morpholine rings is 1. The van der Waals surface area contributed by atoms with Gasteiger partial charge in [-0.05, 0) is 25.8 Å². The maximum Gasteiger partial charge on any atom is 0.226 e. The summed E-state index contributed by atoms with van der Waals surface area (Å²) >= 11 is 3.49. The summed E-state index contributed by atoms with van der Waals surface area (Å²) < 4.78 is 5.75. The van der Waals surface area contributed by atoms with Crippen molar-refractivity contribution in [2.75, 3.05) is 23.4 Å². The van der Waals surface area contributed by atoms with E-state index in [9.17, 15) is 0 Å². The van der Waals surface area contributed by atoms with E-state index in [0.29, 0.717) is 12.0 Å². The van der Waals surface area contributed by atoms with Crippen LogP contribution < -0.4 is 4.90 Å². The number of halogens is 1. The molecule has 5 heteroatoms. The molecule has 1 aromatic rings. The first-order valence-electron chi connectivity index (χ1n) is 6.81. The summed E-state index contributed by atoms with van der Waals surface area (Å²) in [5.74, 6) is 1.26. The molecule has 106 valence electrons. The van der Waals surface area contributed by atoms with Gasteiger partial charge in [-0.25, -0.2) is 9.97 Å². The number of aromatic nitrogens is 2. The second-order valence-corrected chi connectivity index (χ2v) is 6.15. The number of hydrogen-bond acceptors (Lipinski definition) is 4. The number of anilines is 1. The fourth-order valence-corrected chi connectivity index (χ4v) is 2.58. The van der Waals surface area contributed by atoms with Gasteiger partial charge in [0.1, 0.15) is 0 Å². The lowest BCUT2D eigenvalue weighted by Crippen LogP contribution is -2.49. The van der Waals surface area contributed by atoms with Crippen molar-refractivity contribution in [2.24, 2.45) is 0 Å². The van der Waals surface area contributed by atoms with E-state index in [4.69, 9.17) is 9.72 Å². The smallest absolute Gasteiger partial charge is 0.226 e. The molecule has 0 N–H and O–H groups in total. The Bertz CT molecular complexity index is 439. The Kier molecular flexibility index (Phi) is 4.79. The van der Waals surface area contributed by atoms with E-state index >= 15 is 0 Å². The normalized spacial score (nSPS) is 24.0. The molecule has 2 heterocycles. The Balaban J connectivity index is 2.28. The molecule has 0 amide bonds. The van der Waals surface area contributed by atoms with Crippen molar-refractivity contribution in [3.8, 4) is 0 Å². The molecule has 1 saturated heterocycles. The molecule has 2 atom stereocenters. The second kappa shape index (κ2) is 6.18. The molecule has 0 spiro atoms. The van der Waals surface area contributed by atoms with E-state index < -0.39 is 0 Å². The highest BCUT2D eigenvalue weighted by atomic mass is 79.9. The van der Waals surface area contributed by atoms with Crippen LogP contribution in [-0.2, 0) is 4.74 Å². The third-order valence-electron chi connectivity index (χ3n) is 3.39. The first-order chi connectivity index (χ1) is 9.01. The van der Waals surface area contributed by atoms with Gasteiger partial charge in [0.2, 0.25) is 5.95 Å². The third-order valence-corrected chi connectivity index (χ3v) is 4.11. The minimum Gasteiger partial charge on any atom is -0.373 e. The molecule has 1 aliphatic heterocycles. The van der Waals surface area contributed by atoms with Crippen molar-refractivity contribution in [2.45, 2.75) is 45.8 Å². The third kappa shape index (κ3) is 3.45. The number of rotatable bonds is 3. The van der Waals surface area contributed by atoms with Gasteiger partial charge in [0.25, 0.3) is 0 Å². The average molecular weight is 328 g/mol. The van der Waals surface area contributed by atoms with Crippen LogP contribution in [0.25, 0.3) is 0 Å². The Labute approximate surface area is 123 Å². The summed E-state index contributed by atoms with van der Waals surface area (Å²) in [5, 5.41) is 0.846. The van der Waals surface area contributed by atoms with Crippen molar-refractivity contribution in [3.63, 3.8) is 0 Å². The van der Waals surface area contributed by atoms with Gasteiger partial charge in [-0.15, -0.1) is 0 Å². The van der Waals surface area contributed by atoms with Crippen LogP contribution in [0.2, 0.25) is 0 Å². The van der Waals surface area contributed by atoms with Crippen LogP contribution in [-0.4, -0.2) is 40.6 Å². The maximum atomic E-state index is 5.75. The van der Waals surface area contributed by atoms with Crippen molar-refractivity contribution >= 4 is 21.9 Å². The van der Waals surface area contributed by atoms with Crippen molar-refractivity contribution < 1.29 is 4.74 Å². The van der Waals surface area contributed by atoms with Crippen LogP contribution in [0, 0.1) is 6.92 Å². The molecule has 0 saturated carbocycles. The molecule has 1 aromatic heterocycles. The monoisotopic (exact) mass is 327 g/mol. The maximum absolute atomic E-state index is 5.75. The van der Waals surface area contributed by atoms with Crippen LogP contribution in [0.15, 0.2) is 6.07 Å². The van der Waals surface area contributed by atoms with Gasteiger partial charge >= 0.3 is 0 Å². The van der Waals surface area contributed by atoms with Crippen molar-refractivity contribution in [1.82, 2.24) is 9.97 Å². The minimum atomic E-state index is 0.211. The highest BCUT2D eigenvalue weighted by molar-refractivity contribution is 9.09. The molecule has 1 aliphatic rings. The van der Waals surface area contributed by atoms with Crippen LogP contribution in [0.3, 0.4) is 0 Å². The SMILES string of the molecule is Cc1cc(C(C)C)nc(N2CC(CBr)OCC2C)n1. The fourth-order valence-electron chi connectivity index (χ4n) is 2.19. The molecule has 0 aromatic carbocycles. The first kappa shape index (κ1) is 14.7.